The van der Waals surface area contributed by atoms with Gasteiger partial charge in [0.05, 0.1) is 15.7 Å². The van der Waals surface area contributed by atoms with Crippen molar-refractivity contribution in [2.24, 2.45) is 0 Å². The lowest BCUT2D eigenvalue weighted by atomic mass is 10.1. The highest BCUT2D eigenvalue weighted by molar-refractivity contribution is 8.00. The van der Waals surface area contributed by atoms with Crippen molar-refractivity contribution in [1.82, 2.24) is 0 Å². The van der Waals surface area contributed by atoms with Gasteiger partial charge in [0.1, 0.15) is 0 Å². The molecule has 180 valence electrons. The number of anilines is 2. The van der Waals surface area contributed by atoms with Gasteiger partial charge >= 0.3 is 5.97 Å². The van der Waals surface area contributed by atoms with Gasteiger partial charge in [-0.15, -0.1) is 11.8 Å². The zero-order valence-corrected chi connectivity index (χ0v) is 19.8. The summed E-state index contributed by atoms with van der Waals surface area (Å²) in [5.41, 5.74) is 1.72. The van der Waals surface area contributed by atoms with E-state index in [1.165, 1.54) is 48.2 Å². The minimum atomic E-state index is -1.08. The van der Waals surface area contributed by atoms with Crippen LogP contribution in [0.15, 0.2) is 71.6 Å². The maximum absolute atomic E-state index is 12.9. The van der Waals surface area contributed by atoms with E-state index in [-0.39, 0.29) is 22.7 Å². The molecule has 0 heterocycles. The third kappa shape index (κ3) is 6.67. The number of amides is 2. The van der Waals surface area contributed by atoms with Crippen LogP contribution in [-0.4, -0.2) is 33.1 Å². The number of aromatic carboxylic acids is 1. The molecule has 2 amide bonds. The SMILES string of the molecule is CCC(Sc1cccc(NC(=O)c2cccc([N+](=O)[O-])c2)c1)C(=O)Nc1cc(C(=O)O)ccc1C. The molecule has 10 heteroatoms. The number of carbonyl (C=O) groups excluding carboxylic acids is 2. The molecule has 0 aliphatic carbocycles. The molecule has 9 nitrogen and oxygen atoms in total. The van der Waals surface area contributed by atoms with E-state index in [2.05, 4.69) is 10.6 Å². The van der Waals surface area contributed by atoms with Gasteiger partial charge in [-0.05, 0) is 55.3 Å². The fourth-order valence-corrected chi connectivity index (χ4v) is 4.21. The number of aryl methyl sites for hydroxylation is 1. The van der Waals surface area contributed by atoms with Gasteiger partial charge in [0, 0.05) is 34.0 Å². The van der Waals surface area contributed by atoms with Crippen LogP contribution in [0.3, 0.4) is 0 Å². The second-order valence-electron chi connectivity index (χ2n) is 7.63. The van der Waals surface area contributed by atoms with E-state index in [0.29, 0.717) is 17.8 Å². The lowest BCUT2D eigenvalue weighted by Crippen LogP contribution is -2.25. The van der Waals surface area contributed by atoms with Crippen molar-refractivity contribution in [1.29, 1.82) is 0 Å². The highest BCUT2D eigenvalue weighted by Crippen LogP contribution is 2.29. The molecule has 35 heavy (non-hydrogen) atoms. The summed E-state index contributed by atoms with van der Waals surface area (Å²) in [5.74, 6) is -1.84. The summed E-state index contributed by atoms with van der Waals surface area (Å²) in [7, 11) is 0. The Balaban J connectivity index is 1.71. The number of nitrogens with zero attached hydrogens (tertiary/aromatic N) is 1. The molecule has 0 aliphatic rings. The van der Waals surface area contributed by atoms with E-state index in [0.717, 1.165) is 10.5 Å². The smallest absolute Gasteiger partial charge is 0.335 e. The first-order valence-electron chi connectivity index (χ1n) is 10.6. The summed E-state index contributed by atoms with van der Waals surface area (Å²) in [5, 5.41) is 25.2. The summed E-state index contributed by atoms with van der Waals surface area (Å²) in [6, 6.07) is 16.9. The van der Waals surface area contributed by atoms with E-state index >= 15 is 0 Å². The fourth-order valence-electron chi connectivity index (χ4n) is 3.20. The molecule has 0 bridgehead atoms. The molecule has 0 radical (unpaired) electrons. The van der Waals surface area contributed by atoms with Gasteiger partial charge in [-0.3, -0.25) is 19.7 Å². The largest absolute Gasteiger partial charge is 0.478 e. The number of non-ortho nitro benzene ring substituents is 1. The third-order valence-electron chi connectivity index (χ3n) is 5.10. The molecule has 0 fully saturated rings. The average molecular weight is 494 g/mol. The summed E-state index contributed by atoms with van der Waals surface area (Å²) in [6.45, 7) is 3.65. The molecule has 3 rings (SSSR count). The van der Waals surface area contributed by atoms with Gasteiger partial charge in [0.25, 0.3) is 11.6 Å². The fraction of sp³-hybridized carbons (Fsp3) is 0.160. The molecular weight excluding hydrogens is 470 g/mol. The molecule has 0 saturated carbocycles. The Morgan fingerprint density at radius 3 is 2.43 bits per heavy atom. The molecule has 0 spiro atoms. The summed E-state index contributed by atoms with van der Waals surface area (Å²) >= 11 is 1.31. The van der Waals surface area contributed by atoms with Crippen LogP contribution in [0.25, 0.3) is 0 Å². The molecule has 0 aliphatic heterocycles. The van der Waals surface area contributed by atoms with Gasteiger partial charge in [-0.25, -0.2) is 4.79 Å². The van der Waals surface area contributed by atoms with Crippen LogP contribution in [0.4, 0.5) is 17.1 Å². The Bertz CT molecular complexity index is 1290. The average Bonchev–Trinajstić information content (AvgIpc) is 2.83. The van der Waals surface area contributed by atoms with Gasteiger partial charge < -0.3 is 15.7 Å². The number of thioether (sulfide) groups is 1. The number of nitrogens with one attached hydrogen (secondary N) is 2. The van der Waals surface area contributed by atoms with Crippen molar-refractivity contribution < 1.29 is 24.4 Å². The van der Waals surface area contributed by atoms with Gasteiger partial charge in [0.15, 0.2) is 0 Å². The number of hydrogen-bond acceptors (Lipinski definition) is 6. The zero-order chi connectivity index (χ0) is 25.5. The molecule has 3 aromatic rings. The Labute approximate surface area is 205 Å². The molecular formula is C25H23N3O6S. The Morgan fingerprint density at radius 1 is 1.00 bits per heavy atom. The summed E-state index contributed by atoms with van der Waals surface area (Å²) in [6.07, 6.45) is 0.512. The van der Waals surface area contributed by atoms with E-state index < -0.39 is 22.0 Å². The minimum absolute atomic E-state index is 0.0822. The van der Waals surface area contributed by atoms with Crippen molar-refractivity contribution in [3.05, 3.63) is 93.5 Å². The molecule has 3 N–H and O–H groups in total. The lowest BCUT2D eigenvalue weighted by molar-refractivity contribution is -0.384. The molecule has 3 aromatic carbocycles. The highest BCUT2D eigenvalue weighted by atomic mass is 32.2. The van der Waals surface area contributed by atoms with Crippen LogP contribution in [-0.2, 0) is 4.79 Å². The van der Waals surface area contributed by atoms with Crippen LogP contribution in [0.1, 0.15) is 39.6 Å². The van der Waals surface area contributed by atoms with Crippen LogP contribution in [0.2, 0.25) is 0 Å². The monoisotopic (exact) mass is 493 g/mol. The second-order valence-corrected chi connectivity index (χ2v) is 8.90. The number of carbonyl (C=O) groups is 3. The summed E-state index contributed by atoms with van der Waals surface area (Å²) < 4.78 is 0. The van der Waals surface area contributed by atoms with Crippen molar-refractivity contribution >= 4 is 46.6 Å². The highest BCUT2D eigenvalue weighted by Gasteiger charge is 2.20. The normalized spacial score (nSPS) is 11.4. The Morgan fingerprint density at radius 2 is 1.74 bits per heavy atom. The number of benzene rings is 3. The first kappa shape index (κ1) is 25.4. The maximum atomic E-state index is 12.9. The number of nitro groups is 1. The van der Waals surface area contributed by atoms with Crippen molar-refractivity contribution in [2.45, 2.75) is 30.4 Å². The number of carboxylic acid groups (broad SMARTS) is 1. The second kappa shape index (κ2) is 11.3. The van der Waals surface area contributed by atoms with Crippen LogP contribution in [0.5, 0.6) is 0 Å². The van der Waals surface area contributed by atoms with Crippen LogP contribution < -0.4 is 10.6 Å². The van der Waals surface area contributed by atoms with E-state index in [4.69, 9.17) is 0 Å². The predicted molar refractivity (Wildman–Crippen MR) is 134 cm³/mol. The van der Waals surface area contributed by atoms with Crippen molar-refractivity contribution in [3.8, 4) is 0 Å². The topological polar surface area (TPSA) is 139 Å². The van der Waals surface area contributed by atoms with E-state index in [1.54, 1.807) is 37.3 Å². The van der Waals surface area contributed by atoms with Gasteiger partial charge in [-0.2, -0.15) is 0 Å². The molecule has 1 unspecified atom stereocenters. The van der Waals surface area contributed by atoms with Crippen molar-refractivity contribution in [2.75, 3.05) is 10.6 Å². The number of carboxylic acids is 1. The van der Waals surface area contributed by atoms with Crippen LogP contribution in [0, 0.1) is 17.0 Å². The Hall–Kier alpha value is -4.18. The number of hydrogen-bond donors (Lipinski definition) is 3. The molecule has 0 saturated heterocycles. The first-order valence-corrected chi connectivity index (χ1v) is 11.5. The van der Waals surface area contributed by atoms with Gasteiger partial charge in [-0.1, -0.05) is 25.1 Å². The minimum Gasteiger partial charge on any atom is -0.478 e. The maximum Gasteiger partial charge on any atom is 0.335 e. The van der Waals surface area contributed by atoms with Gasteiger partial charge in [0.2, 0.25) is 5.91 Å². The predicted octanol–water partition coefficient (Wildman–Crippen LogP) is 5.36. The van der Waals surface area contributed by atoms with Crippen molar-refractivity contribution in [3.63, 3.8) is 0 Å². The zero-order valence-electron chi connectivity index (χ0n) is 19.0. The van der Waals surface area contributed by atoms with E-state index in [1.807, 2.05) is 6.92 Å². The molecule has 0 aromatic heterocycles. The first-order chi connectivity index (χ1) is 16.7. The van der Waals surface area contributed by atoms with Crippen LogP contribution >= 0.6 is 11.8 Å². The third-order valence-corrected chi connectivity index (χ3v) is 6.45. The summed E-state index contributed by atoms with van der Waals surface area (Å²) in [4.78, 5) is 47.8. The quantitative estimate of drug-likeness (QED) is 0.207. The Kier molecular flexibility index (Phi) is 8.21. The van der Waals surface area contributed by atoms with E-state index in [9.17, 15) is 29.6 Å². The number of rotatable bonds is 9. The molecule has 1 atom stereocenters. The standard InChI is InChI=1S/C25H23N3O6S/c1-3-22(24(30)27-21-13-17(25(31)32)11-10-15(21)2)35-20-9-5-7-18(14-20)26-23(29)16-6-4-8-19(12-16)28(33)34/h4-14,22H,3H2,1-2H3,(H,26,29)(H,27,30)(H,31,32). The number of nitro benzene ring substituents is 1. The lowest BCUT2D eigenvalue weighted by Gasteiger charge is -2.17.